The molecule has 0 aliphatic heterocycles. The zero-order valence-corrected chi connectivity index (χ0v) is 21.9. The summed E-state index contributed by atoms with van der Waals surface area (Å²) in [6.07, 6.45) is 7.44. The van der Waals surface area contributed by atoms with Gasteiger partial charge in [-0.1, -0.05) is 18.2 Å². The number of aromatic nitrogens is 5. The molecular weight excluding hydrogens is 504 g/mol. The number of carboxylic acid groups (broad SMARTS) is 2. The molecule has 0 unspecified atom stereocenters. The number of nitrogens with two attached hydrogens (primary N) is 1. The number of Topliss-reactive ketones (excluding diaryl/α,β-unsaturated/α-hetero) is 1. The Morgan fingerprint density at radius 3 is 2.38 bits per heavy atom. The van der Waals surface area contributed by atoms with E-state index in [1.54, 1.807) is 24.0 Å². The van der Waals surface area contributed by atoms with E-state index in [9.17, 15) is 4.79 Å². The zero-order chi connectivity index (χ0) is 27.9. The van der Waals surface area contributed by atoms with Gasteiger partial charge in [-0.15, -0.1) is 0 Å². The van der Waals surface area contributed by atoms with Gasteiger partial charge in [0.1, 0.15) is 5.82 Å². The Balaban J connectivity index is 0.000000826. The van der Waals surface area contributed by atoms with E-state index < -0.39 is 6.16 Å². The van der Waals surface area contributed by atoms with Crippen LogP contribution in [0.1, 0.15) is 54.6 Å². The monoisotopic (exact) mass is 536 g/mol. The van der Waals surface area contributed by atoms with Crippen LogP contribution < -0.4 is 5.73 Å². The molecule has 0 spiro atoms. The summed E-state index contributed by atoms with van der Waals surface area (Å²) in [4.78, 5) is 26.2. The Hall–Kier alpha value is -4.29. The summed E-state index contributed by atoms with van der Waals surface area (Å²) in [6.45, 7) is 2.72. The van der Waals surface area contributed by atoms with Crippen molar-refractivity contribution < 1.29 is 29.3 Å². The van der Waals surface area contributed by atoms with Gasteiger partial charge in [-0.3, -0.25) is 4.79 Å². The first-order chi connectivity index (χ1) is 18.8. The predicted octanol–water partition coefficient (Wildman–Crippen LogP) is 4.28. The maximum absolute atomic E-state index is 12.6. The summed E-state index contributed by atoms with van der Waals surface area (Å²) < 4.78 is 14.4. The van der Waals surface area contributed by atoms with Crippen molar-refractivity contribution in [3.63, 3.8) is 0 Å². The van der Waals surface area contributed by atoms with Crippen LogP contribution in [-0.4, -0.2) is 73.0 Å². The van der Waals surface area contributed by atoms with E-state index in [1.165, 1.54) is 6.92 Å². The number of hydrogen-bond acceptors (Lipinski definition) is 8. The number of nitrogen functional groups attached to an aromatic ring is 1. The van der Waals surface area contributed by atoms with Gasteiger partial charge in [-0.2, -0.15) is 14.7 Å². The minimum Gasteiger partial charge on any atom is -0.450 e. The molecule has 0 radical (unpaired) electrons. The fourth-order valence-electron chi connectivity index (χ4n) is 4.88. The summed E-state index contributed by atoms with van der Waals surface area (Å²) in [7, 11) is 1.67. The standard InChI is InChI=1S/C26H30N6O3.CH2O3/c1-17(33)23-24(18-8-10-21(11-9-18)35-13-12-34-2)30-26-22(15-29-32(26)25(23)27)19-14-28-31(16-19)20-6-4-3-5-7-20;2-1(3)4/h3-7,14-16,18,21H,8-13,27H2,1-2H3;(H2,2,3,4)/t18-,21-;. The second-order valence-electron chi connectivity index (χ2n) is 9.24. The summed E-state index contributed by atoms with van der Waals surface area (Å²) >= 11 is 0. The van der Waals surface area contributed by atoms with Crippen LogP contribution in [0.25, 0.3) is 22.5 Å². The number of para-hydroxylation sites is 1. The van der Waals surface area contributed by atoms with Crippen molar-refractivity contribution in [2.24, 2.45) is 0 Å². The molecular formula is C27H32N6O6. The summed E-state index contributed by atoms with van der Waals surface area (Å²) in [6, 6.07) is 9.91. The summed E-state index contributed by atoms with van der Waals surface area (Å²) in [5.41, 5.74) is 11.0. The van der Waals surface area contributed by atoms with Crippen LogP contribution in [0.2, 0.25) is 0 Å². The lowest BCUT2D eigenvalue weighted by molar-refractivity contribution is -0.00298. The van der Waals surface area contributed by atoms with Crippen molar-refractivity contribution in [2.45, 2.75) is 44.6 Å². The van der Waals surface area contributed by atoms with Crippen LogP contribution in [0.3, 0.4) is 0 Å². The average molecular weight is 537 g/mol. The third-order valence-electron chi connectivity index (χ3n) is 6.68. The first-order valence-corrected chi connectivity index (χ1v) is 12.6. The third kappa shape index (κ3) is 6.41. The molecule has 0 saturated heterocycles. The highest BCUT2D eigenvalue weighted by Gasteiger charge is 2.30. The second-order valence-corrected chi connectivity index (χ2v) is 9.24. The van der Waals surface area contributed by atoms with E-state index in [4.69, 9.17) is 35.2 Å². The van der Waals surface area contributed by atoms with E-state index in [-0.39, 0.29) is 17.8 Å². The zero-order valence-electron chi connectivity index (χ0n) is 21.9. The summed E-state index contributed by atoms with van der Waals surface area (Å²) in [5, 5.41) is 22.9. The summed E-state index contributed by atoms with van der Waals surface area (Å²) in [5.74, 6) is 0.371. The van der Waals surface area contributed by atoms with E-state index in [2.05, 4.69) is 10.2 Å². The minimum absolute atomic E-state index is 0.0979. The molecule has 1 aromatic carbocycles. The number of ether oxygens (including phenoxy) is 2. The lowest BCUT2D eigenvalue weighted by Crippen LogP contribution is -2.24. The van der Waals surface area contributed by atoms with Crippen molar-refractivity contribution in [1.29, 1.82) is 0 Å². The minimum atomic E-state index is -1.83. The highest BCUT2D eigenvalue weighted by molar-refractivity contribution is 6.00. The number of carbonyl (C=O) groups excluding carboxylic acids is 1. The van der Waals surface area contributed by atoms with E-state index in [0.717, 1.165) is 48.2 Å². The SMILES string of the molecule is COCCO[C@H]1CC[C@H](c2nc3c(-c4cnn(-c5ccccc5)c4)cnn3c(N)c2C(C)=O)CC1.O=C(O)O. The van der Waals surface area contributed by atoms with Gasteiger partial charge in [0, 0.05) is 30.4 Å². The Morgan fingerprint density at radius 1 is 1.05 bits per heavy atom. The average Bonchev–Trinajstić information content (AvgIpc) is 3.57. The molecule has 5 rings (SSSR count). The molecule has 206 valence electrons. The number of methoxy groups -OCH3 is 1. The van der Waals surface area contributed by atoms with Gasteiger partial charge in [0.2, 0.25) is 0 Å². The molecule has 1 saturated carbocycles. The number of hydrogen-bond donors (Lipinski definition) is 3. The number of fused-ring (bicyclic) bond motifs is 1. The van der Waals surface area contributed by atoms with Crippen molar-refractivity contribution in [3.8, 4) is 16.8 Å². The van der Waals surface area contributed by atoms with Crippen LogP contribution in [0.15, 0.2) is 48.9 Å². The molecule has 0 atom stereocenters. The van der Waals surface area contributed by atoms with Crippen LogP contribution in [-0.2, 0) is 9.47 Å². The first-order valence-electron chi connectivity index (χ1n) is 12.6. The number of rotatable bonds is 8. The Bertz CT molecular complexity index is 1420. The quantitative estimate of drug-likeness (QED) is 0.218. The Morgan fingerprint density at radius 2 is 1.74 bits per heavy atom. The van der Waals surface area contributed by atoms with E-state index in [0.29, 0.717) is 30.2 Å². The lowest BCUT2D eigenvalue weighted by atomic mass is 9.83. The predicted molar refractivity (Wildman–Crippen MR) is 143 cm³/mol. The molecule has 1 aliphatic carbocycles. The lowest BCUT2D eigenvalue weighted by Gasteiger charge is -2.29. The van der Waals surface area contributed by atoms with Crippen LogP contribution in [0, 0.1) is 0 Å². The van der Waals surface area contributed by atoms with E-state index >= 15 is 0 Å². The van der Waals surface area contributed by atoms with E-state index in [1.807, 2.05) is 41.2 Å². The van der Waals surface area contributed by atoms with Gasteiger partial charge in [0.15, 0.2) is 11.4 Å². The maximum atomic E-state index is 12.6. The van der Waals surface area contributed by atoms with Crippen LogP contribution >= 0.6 is 0 Å². The van der Waals surface area contributed by atoms with Crippen LogP contribution in [0.4, 0.5) is 10.6 Å². The topological polar surface area (TPSA) is 167 Å². The van der Waals surface area contributed by atoms with Gasteiger partial charge < -0.3 is 25.4 Å². The van der Waals surface area contributed by atoms with Gasteiger partial charge in [0.05, 0.1) is 48.7 Å². The smallest absolute Gasteiger partial charge is 0.450 e. The number of nitrogens with zero attached hydrogens (tertiary/aromatic N) is 5. The number of anilines is 1. The van der Waals surface area contributed by atoms with Crippen LogP contribution in [0.5, 0.6) is 0 Å². The molecule has 1 aliphatic rings. The fraction of sp³-hybridized carbons (Fsp3) is 0.370. The van der Waals surface area contributed by atoms with Gasteiger partial charge in [-0.05, 0) is 44.7 Å². The second kappa shape index (κ2) is 12.5. The Labute approximate surface area is 225 Å². The molecule has 3 heterocycles. The fourth-order valence-corrected chi connectivity index (χ4v) is 4.88. The van der Waals surface area contributed by atoms with Gasteiger partial charge >= 0.3 is 6.16 Å². The molecule has 1 fully saturated rings. The first kappa shape index (κ1) is 27.7. The van der Waals surface area contributed by atoms with Crippen molar-refractivity contribution in [1.82, 2.24) is 24.4 Å². The third-order valence-corrected chi connectivity index (χ3v) is 6.68. The highest BCUT2D eigenvalue weighted by Crippen LogP contribution is 2.38. The number of ketones is 1. The molecule has 3 aromatic heterocycles. The van der Waals surface area contributed by atoms with Gasteiger partial charge in [0.25, 0.3) is 0 Å². The molecule has 0 amide bonds. The molecule has 12 heteroatoms. The largest absolute Gasteiger partial charge is 0.503 e. The van der Waals surface area contributed by atoms with Crippen molar-refractivity contribution in [2.75, 3.05) is 26.1 Å². The molecule has 4 aromatic rings. The maximum Gasteiger partial charge on any atom is 0.503 e. The molecule has 12 nitrogen and oxygen atoms in total. The molecule has 4 N–H and O–H groups in total. The molecule has 0 bridgehead atoms. The Kier molecular flexibility index (Phi) is 8.89. The van der Waals surface area contributed by atoms with Crippen molar-refractivity contribution >= 4 is 23.4 Å². The normalized spacial score (nSPS) is 17.0. The van der Waals surface area contributed by atoms with Gasteiger partial charge in [-0.25, -0.2) is 14.5 Å². The highest BCUT2D eigenvalue weighted by atomic mass is 16.6. The molecule has 39 heavy (non-hydrogen) atoms. The van der Waals surface area contributed by atoms with Crippen molar-refractivity contribution in [3.05, 3.63) is 60.2 Å². The number of benzene rings is 1. The number of carbonyl (C=O) groups is 2.